The number of benzene rings is 3. The molecule has 2 saturated heterocycles. The third-order valence-electron chi connectivity index (χ3n) is 5.98. The van der Waals surface area contributed by atoms with Gasteiger partial charge in [-0.15, -0.1) is 0 Å². The molecule has 0 spiro atoms. The Labute approximate surface area is 194 Å². The van der Waals surface area contributed by atoms with E-state index in [1.54, 1.807) is 29.3 Å². The maximum Gasteiger partial charge on any atom is 0.266 e. The lowest BCUT2D eigenvalue weighted by Gasteiger charge is -2.30. The van der Waals surface area contributed by atoms with Crippen molar-refractivity contribution in [3.63, 3.8) is 0 Å². The van der Waals surface area contributed by atoms with Gasteiger partial charge in [-0.1, -0.05) is 58.4 Å². The zero-order valence-electron chi connectivity index (χ0n) is 17.6. The van der Waals surface area contributed by atoms with Crippen LogP contribution in [0.5, 0.6) is 5.75 Å². The highest BCUT2D eigenvalue weighted by atomic mass is 79.9. The summed E-state index contributed by atoms with van der Waals surface area (Å²) < 4.78 is 6.30. The Morgan fingerprint density at radius 1 is 0.906 bits per heavy atom. The molecule has 32 heavy (non-hydrogen) atoms. The van der Waals surface area contributed by atoms with Crippen LogP contribution in [0, 0.1) is 12.8 Å². The summed E-state index contributed by atoms with van der Waals surface area (Å²) in [6.45, 7) is 1.98. The van der Waals surface area contributed by atoms with Gasteiger partial charge >= 0.3 is 0 Å². The minimum Gasteiger partial charge on any atom is -0.495 e. The highest BCUT2D eigenvalue weighted by Gasteiger charge is 2.60. The summed E-state index contributed by atoms with van der Waals surface area (Å²) in [6.07, 6.45) is -0.920. The van der Waals surface area contributed by atoms with E-state index >= 15 is 0 Å². The number of rotatable bonds is 4. The third-order valence-corrected chi connectivity index (χ3v) is 6.48. The third kappa shape index (κ3) is 3.20. The second-order valence-electron chi connectivity index (χ2n) is 7.85. The van der Waals surface area contributed by atoms with Crippen molar-refractivity contribution >= 4 is 39.1 Å². The highest BCUT2D eigenvalue weighted by Crippen LogP contribution is 2.49. The van der Waals surface area contributed by atoms with Gasteiger partial charge in [0.25, 0.3) is 5.91 Å². The Hall–Kier alpha value is -3.16. The number of anilines is 2. The van der Waals surface area contributed by atoms with Crippen molar-refractivity contribution in [1.82, 2.24) is 0 Å². The van der Waals surface area contributed by atoms with Crippen LogP contribution < -0.4 is 14.7 Å². The van der Waals surface area contributed by atoms with Gasteiger partial charge in [-0.2, -0.15) is 0 Å². The molecule has 6 nitrogen and oxygen atoms in total. The van der Waals surface area contributed by atoms with E-state index in [9.17, 15) is 9.59 Å². The SMILES string of the molecule is COc1ccccc1N1C(=O)[C@@H]2[C@@H](c3cccc(Br)c3)N(c3ccccc3C)O[C@H]2C1=O. The predicted octanol–water partition coefficient (Wildman–Crippen LogP) is 4.82. The number of hydroxylamine groups is 1. The first-order chi connectivity index (χ1) is 15.5. The molecular formula is C25H21BrN2O4. The van der Waals surface area contributed by atoms with E-state index in [2.05, 4.69) is 15.9 Å². The Kier molecular flexibility index (Phi) is 5.23. The molecular weight excluding hydrogens is 472 g/mol. The Bertz CT molecular complexity index is 1210. The number of amides is 2. The van der Waals surface area contributed by atoms with Crippen LogP contribution in [0.2, 0.25) is 0 Å². The molecule has 0 bridgehead atoms. The van der Waals surface area contributed by atoms with Gasteiger partial charge in [0.1, 0.15) is 11.7 Å². The van der Waals surface area contributed by atoms with Gasteiger partial charge in [-0.05, 0) is 48.4 Å². The first-order valence-electron chi connectivity index (χ1n) is 10.3. The number of hydrogen-bond acceptors (Lipinski definition) is 5. The lowest BCUT2D eigenvalue weighted by molar-refractivity contribution is -0.126. The van der Waals surface area contributed by atoms with Gasteiger partial charge in [0.15, 0.2) is 6.10 Å². The number of ether oxygens (including phenoxy) is 1. The zero-order chi connectivity index (χ0) is 22.4. The first kappa shape index (κ1) is 20.7. The Balaban J connectivity index is 1.62. The van der Waals surface area contributed by atoms with E-state index in [1.807, 2.05) is 55.5 Å². The number of methoxy groups -OCH3 is 1. The summed E-state index contributed by atoms with van der Waals surface area (Å²) in [5.74, 6) is -0.920. The minimum atomic E-state index is -0.920. The molecule has 3 aromatic carbocycles. The fraction of sp³-hybridized carbons (Fsp3) is 0.200. The van der Waals surface area contributed by atoms with Crippen LogP contribution in [-0.2, 0) is 14.4 Å². The Morgan fingerprint density at radius 2 is 1.62 bits per heavy atom. The number of nitrogens with zero attached hydrogens (tertiary/aromatic N) is 2. The lowest BCUT2D eigenvalue weighted by atomic mass is 9.90. The highest BCUT2D eigenvalue weighted by molar-refractivity contribution is 9.10. The van der Waals surface area contributed by atoms with E-state index < -0.39 is 18.1 Å². The molecule has 0 saturated carbocycles. The van der Waals surface area contributed by atoms with Crippen molar-refractivity contribution in [3.8, 4) is 5.75 Å². The average molecular weight is 493 g/mol. The molecule has 162 valence electrons. The van der Waals surface area contributed by atoms with Crippen molar-refractivity contribution < 1.29 is 19.2 Å². The first-order valence-corrected chi connectivity index (χ1v) is 11.1. The summed E-state index contributed by atoms with van der Waals surface area (Å²) in [6, 6.07) is 22.1. The molecule has 5 rings (SSSR count). The maximum atomic E-state index is 13.7. The minimum absolute atomic E-state index is 0.300. The van der Waals surface area contributed by atoms with Crippen LogP contribution in [0.15, 0.2) is 77.3 Å². The van der Waals surface area contributed by atoms with E-state index in [4.69, 9.17) is 9.57 Å². The van der Waals surface area contributed by atoms with Crippen LogP contribution in [0.25, 0.3) is 0 Å². The molecule has 0 N–H and O–H groups in total. The molecule has 0 aliphatic carbocycles. The monoisotopic (exact) mass is 492 g/mol. The van der Waals surface area contributed by atoms with Crippen molar-refractivity contribution in [2.45, 2.75) is 19.1 Å². The standard InChI is InChI=1S/C25H21BrN2O4/c1-15-8-3-4-11-18(15)28-22(16-9-7-10-17(26)14-16)21-23(32-28)25(30)27(24(21)29)19-12-5-6-13-20(19)31-2/h3-14,21-23H,1-2H3/t21-,22-,23-/m1/s1. The van der Waals surface area contributed by atoms with Crippen molar-refractivity contribution in [3.05, 3.63) is 88.4 Å². The smallest absolute Gasteiger partial charge is 0.266 e. The second kappa shape index (κ2) is 8.07. The number of aryl methyl sites for hydroxylation is 1. The number of halogens is 1. The predicted molar refractivity (Wildman–Crippen MR) is 124 cm³/mol. The molecule has 0 radical (unpaired) electrons. The van der Waals surface area contributed by atoms with E-state index in [-0.39, 0.29) is 11.8 Å². The number of para-hydroxylation sites is 3. The van der Waals surface area contributed by atoms with Gasteiger partial charge in [0, 0.05) is 4.47 Å². The van der Waals surface area contributed by atoms with Crippen molar-refractivity contribution in [1.29, 1.82) is 0 Å². The molecule has 3 atom stereocenters. The number of imide groups is 1. The molecule has 2 aliphatic heterocycles. The molecule has 2 heterocycles. The quantitative estimate of drug-likeness (QED) is 0.488. The number of hydrogen-bond donors (Lipinski definition) is 0. The topological polar surface area (TPSA) is 59.1 Å². The van der Waals surface area contributed by atoms with Gasteiger partial charge in [0.2, 0.25) is 5.91 Å². The van der Waals surface area contributed by atoms with E-state index in [0.717, 1.165) is 21.3 Å². The van der Waals surface area contributed by atoms with Crippen LogP contribution >= 0.6 is 15.9 Å². The second-order valence-corrected chi connectivity index (χ2v) is 8.76. The summed E-state index contributed by atoms with van der Waals surface area (Å²) >= 11 is 3.53. The number of carbonyl (C=O) groups is 2. The molecule has 3 aromatic rings. The average Bonchev–Trinajstić information content (AvgIpc) is 3.30. The van der Waals surface area contributed by atoms with Crippen LogP contribution in [0.1, 0.15) is 17.2 Å². The summed E-state index contributed by atoms with van der Waals surface area (Å²) in [4.78, 5) is 34.6. The van der Waals surface area contributed by atoms with Gasteiger partial charge in [0.05, 0.1) is 24.5 Å². The van der Waals surface area contributed by atoms with Crippen molar-refractivity contribution in [2.75, 3.05) is 17.1 Å². The fourth-order valence-corrected chi connectivity index (χ4v) is 4.93. The maximum absolute atomic E-state index is 13.7. The van der Waals surface area contributed by atoms with Gasteiger partial charge < -0.3 is 4.74 Å². The normalized spacial score (nSPS) is 22.4. The van der Waals surface area contributed by atoms with Gasteiger partial charge in [-0.3, -0.25) is 14.4 Å². The molecule has 2 amide bonds. The van der Waals surface area contributed by atoms with E-state index in [0.29, 0.717) is 11.4 Å². The molecule has 0 unspecified atom stereocenters. The van der Waals surface area contributed by atoms with Gasteiger partial charge in [-0.25, -0.2) is 9.96 Å². The summed E-state index contributed by atoms with van der Waals surface area (Å²) in [5, 5.41) is 1.72. The number of fused-ring (bicyclic) bond motifs is 1. The lowest BCUT2D eigenvalue weighted by Crippen LogP contribution is -2.37. The fourth-order valence-electron chi connectivity index (χ4n) is 4.52. The molecule has 0 aromatic heterocycles. The molecule has 2 fully saturated rings. The number of carbonyl (C=O) groups excluding carboxylic acids is 2. The van der Waals surface area contributed by atoms with Crippen LogP contribution in [0.3, 0.4) is 0 Å². The summed E-state index contributed by atoms with van der Waals surface area (Å²) in [5.41, 5.74) is 3.14. The van der Waals surface area contributed by atoms with E-state index in [1.165, 1.54) is 12.0 Å². The van der Waals surface area contributed by atoms with Crippen molar-refractivity contribution in [2.24, 2.45) is 5.92 Å². The van der Waals surface area contributed by atoms with Crippen LogP contribution in [-0.4, -0.2) is 25.0 Å². The summed E-state index contributed by atoms with van der Waals surface area (Å²) in [7, 11) is 1.52. The Morgan fingerprint density at radius 3 is 2.34 bits per heavy atom. The molecule has 7 heteroatoms. The zero-order valence-corrected chi connectivity index (χ0v) is 19.2. The van der Waals surface area contributed by atoms with Crippen LogP contribution in [0.4, 0.5) is 11.4 Å². The largest absolute Gasteiger partial charge is 0.495 e. The molecule has 2 aliphatic rings.